The number of rotatable bonds is 6. The number of ether oxygens (including phenoxy) is 1. The van der Waals surface area contributed by atoms with E-state index in [0.29, 0.717) is 55.3 Å². The maximum Gasteiger partial charge on any atom is 0.409 e. The van der Waals surface area contributed by atoms with Gasteiger partial charge >= 0.3 is 6.09 Å². The minimum atomic E-state index is -0.404. The number of piperazine rings is 1. The van der Waals surface area contributed by atoms with Crippen molar-refractivity contribution in [2.75, 3.05) is 39.4 Å². The van der Waals surface area contributed by atoms with Crippen LogP contribution in [0.5, 0.6) is 0 Å². The first-order chi connectivity index (χ1) is 18.2. The largest absolute Gasteiger partial charge is 0.447 e. The number of hydrogen-bond donors (Lipinski definition) is 2. The van der Waals surface area contributed by atoms with Crippen LogP contribution in [0.4, 0.5) is 4.79 Å². The molecule has 0 spiro atoms. The van der Waals surface area contributed by atoms with Gasteiger partial charge in [0.15, 0.2) is 0 Å². The lowest BCUT2D eigenvalue weighted by Crippen LogP contribution is -2.51. The summed E-state index contributed by atoms with van der Waals surface area (Å²) in [6, 6.07) is 0. The van der Waals surface area contributed by atoms with Crippen molar-refractivity contribution in [3.05, 3.63) is 11.6 Å². The number of hydrogen-bond acceptors (Lipinski definition) is 5. The minimum absolute atomic E-state index is 0.0133. The lowest BCUT2D eigenvalue weighted by Gasteiger charge is -2.58. The smallest absolute Gasteiger partial charge is 0.409 e. The average Bonchev–Trinajstić information content (AvgIpc) is 3.28. The molecule has 1 aliphatic heterocycles. The number of amides is 2. The first-order valence-corrected chi connectivity index (χ1v) is 15.3. The molecule has 0 bridgehead atoms. The van der Waals surface area contributed by atoms with Crippen LogP contribution < -0.4 is 0 Å². The third-order valence-corrected chi connectivity index (χ3v) is 11.9. The maximum absolute atomic E-state index is 13.0. The van der Waals surface area contributed by atoms with Gasteiger partial charge in [-0.3, -0.25) is 4.79 Å². The fourth-order valence-corrected chi connectivity index (χ4v) is 9.69. The van der Waals surface area contributed by atoms with Crippen LogP contribution in [-0.2, 0) is 9.53 Å². The number of allylic oxidation sites excluding steroid dienone is 1. The molecule has 0 aromatic carbocycles. The van der Waals surface area contributed by atoms with Gasteiger partial charge in [-0.05, 0) is 98.2 Å². The molecule has 1 unspecified atom stereocenters. The van der Waals surface area contributed by atoms with Crippen LogP contribution in [0.1, 0.15) is 85.0 Å². The molecule has 0 aromatic heterocycles. The normalized spacial score (nSPS) is 39.5. The van der Waals surface area contributed by atoms with Crippen LogP contribution in [0.15, 0.2) is 11.6 Å². The molecule has 1 heterocycles. The molecule has 4 aliphatic carbocycles. The Labute approximate surface area is 229 Å². The Bertz CT molecular complexity index is 914. The van der Waals surface area contributed by atoms with E-state index in [1.165, 1.54) is 32.1 Å². The molecule has 8 atom stereocenters. The Morgan fingerprint density at radius 3 is 2.53 bits per heavy atom. The van der Waals surface area contributed by atoms with Gasteiger partial charge in [0.05, 0.1) is 12.7 Å². The summed E-state index contributed by atoms with van der Waals surface area (Å²) < 4.78 is 5.00. The third kappa shape index (κ3) is 5.02. The Morgan fingerprint density at radius 2 is 1.79 bits per heavy atom. The summed E-state index contributed by atoms with van der Waals surface area (Å²) in [5, 5.41) is 19.1. The lowest BCUT2D eigenvalue weighted by molar-refractivity contribution is -0.133. The van der Waals surface area contributed by atoms with E-state index in [2.05, 4.69) is 26.8 Å². The molecule has 3 saturated carbocycles. The number of aliphatic hydroxyl groups excluding tert-OH is 2. The van der Waals surface area contributed by atoms with Crippen LogP contribution in [0.25, 0.3) is 0 Å². The first-order valence-electron chi connectivity index (χ1n) is 15.3. The van der Waals surface area contributed by atoms with Gasteiger partial charge in [-0.15, -0.1) is 0 Å². The lowest BCUT2D eigenvalue weighted by atomic mass is 9.47. The number of aliphatic hydroxyl groups is 2. The van der Waals surface area contributed by atoms with E-state index in [-0.39, 0.29) is 25.2 Å². The summed E-state index contributed by atoms with van der Waals surface area (Å²) in [6.45, 7) is 9.39. The van der Waals surface area contributed by atoms with E-state index < -0.39 is 6.09 Å². The summed E-state index contributed by atoms with van der Waals surface area (Å²) >= 11 is 0. The molecule has 1 saturated heterocycles. The molecular formula is C31H50N2O5. The molecule has 214 valence electrons. The molecule has 0 radical (unpaired) electrons. The minimum Gasteiger partial charge on any atom is -0.447 e. The maximum atomic E-state index is 13.0. The van der Waals surface area contributed by atoms with Gasteiger partial charge in [-0.25, -0.2) is 4.79 Å². The average molecular weight is 531 g/mol. The standard InChI is InChI=1S/C31H50N2O5/c1-21(4-9-28(36)32-14-16-33(17-15-32)29(37)38-19-18-34)25-7-8-26-24-6-5-22-20-23(35)10-12-30(22,2)27(24)11-13-31(25,26)3/h5,21,23-27,34-35H,4,6-20H2,1-3H3/t21?,23-,24-,25+,26-,27-,30-,31+/m0/s1. The van der Waals surface area contributed by atoms with E-state index >= 15 is 0 Å². The van der Waals surface area contributed by atoms with Crippen LogP contribution in [0.2, 0.25) is 0 Å². The van der Waals surface area contributed by atoms with Crippen LogP contribution in [0.3, 0.4) is 0 Å². The van der Waals surface area contributed by atoms with Gasteiger partial charge in [0, 0.05) is 32.6 Å². The zero-order chi connectivity index (χ0) is 27.1. The third-order valence-electron chi connectivity index (χ3n) is 11.9. The van der Waals surface area contributed by atoms with Crippen molar-refractivity contribution < 1.29 is 24.5 Å². The summed E-state index contributed by atoms with van der Waals surface area (Å²) in [5.74, 6) is 3.76. The summed E-state index contributed by atoms with van der Waals surface area (Å²) in [7, 11) is 0. The van der Waals surface area contributed by atoms with Crippen LogP contribution in [-0.4, -0.2) is 77.5 Å². The quantitative estimate of drug-likeness (QED) is 0.489. The summed E-state index contributed by atoms with van der Waals surface area (Å²) in [6.07, 6.45) is 12.9. The predicted molar refractivity (Wildman–Crippen MR) is 146 cm³/mol. The Morgan fingerprint density at radius 1 is 1.05 bits per heavy atom. The summed E-state index contributed by atoms with van der Waals surface area (Å²) in [4.78, 5) is 28.6. The van der Waals surface area contributed by atoms with Gasteiger partial charge in [0.25, 0.3) is 0 Å². The SMILES string of the molecule is CC(CCC(=O)N1CCN(C(=O)OCCO)CC1)[C@H]1CC[C@H]2[C@@H]3CC=C4C[C@@H](O)CC[C@]4(C)[C@H]3CC[C@]12C. The molecule has 2 amide bonds. The molecule has 7 heteroatoms. The Balaban J connectivity index is 1.14. The number of carbonyl (C=O) groups excluding carboxylic acids is 2. The van der Waals surface area contributed by atoms with Gasteiger partial charge < -0.3 is 24.7 Å². The fraction of sp³-hybridized carbons (Fsp3) is 0.871. The van der Waals surface area contributed by atoms with Gasteiger partial charge in [0.1, 0.15) is 6.61 Å². The predicted octanol–water partition coefficient (Wildman–Crippen LogP) is 4.62. The number of fused-ring (bicyclic) bond motifs is 5. The highest BCUT2D eigenvalue weighted by molar-refractivity contribution is 5.76. The zero-order valence-corrected chi connectivity index (χ0v) is 23.9. The highest BCUT2D eigenvalue weighted by Crippen LogP contribution is 2.67. The van der Waals surface area contributed by atoms with Crippen molar-refractivity contribution in [2.24, 2.45) is 40.4 Å². The van der Waals surface area contributed by atoms with Gasteiger partial charge in [-0.2, -0.15) is 0 Å². The Hall–Kier alpha value is -1.60. The Kier molecular flexibility index (Phi) is 8.17. The molecular weight excluding hydrogens is 480 g/mol. The van der Waals surface area contributed by atoms with Crippen LogP contribution >= 0.6 is 0 Å². The first kappa shape index (κ1) is 27.9. The second-order valence-electron chi connectivity index (χ2n) is 13.6. The highest BCUT2D eigenvalue weighted by Gasteiger charge is 2.59. The molecule has 7 nitrogen and oxygen atoms in total. The van der Waals surface area contributed by atoms with Crippen molar-refractivity contribution in [1.29, 1.82) is 0 Å². The van der Waals surface area contributed by atoms with E-state index in [4.69, 9.17) is 9.84 Å². The van der Waals surface area contributed by atoms with E-state index in [1.807, 2.05) is 4.90 Å². The number of carbonyl (C=O) groups is 2. The molecule has 38 heavy (non-hydrogen) atoms. The van der Waals surface area contributed by atoms with E-state index in [9.17, 15) is 14.7 Å². The van der Waals surface area contributed by atoms with Crippen molar-refractivity contribution in [3.63, 3.8) is 0 Å². The molecule has 5 rings (SSSR count). The zero-order valence-electron chi connectivity index (χ0n) is 23.9. The van der Waals surface area contributed by atoms with Crippen molar-refractivity contribution in [3.8, 4) is 0 Å². The molecule has 0 aromatic rings. The van der Waals surface area contributed by atoms with Crippen LogP contribution in [0, 0.1) is 40.4 Å². The monoisotopic (exact) mass is 530 g/mol. The highest BCUT2D eigenvalue weighted by atomic mass is 16.6. The number of nitrogens with zero attached hydrogens (tertiary/aromatic N) is 2. The molecule has 5 aliphatic rings. The van der Waals surface area contributed by atoms with E-state index in [0.717, 1.165) is 43.4 Å². The fourth-order valence-electron chi connectivity index (χ4n) is 9.69. The second kappa shape index (κ2) is 11.1. The van der Waals surface area contributed by atoms with Crippen molar-refractivity contribution in [2.45, 2.75) is 91.1 Å². The van der Waals surface area contributed by atoms with Gasteiger partial charge in [0.2, 0.25) is 5.91 Å². The van der Waals surface area contributed by atoms with Crippen molar-refractivity contribution >= 4 is 12.0 Å². The van der Waals surface area contributed by atoms with Crippen molar-refractivity contribution in [1.82, 2.24) is 9.80 Å². The van der Waals surface area contributed by atoms with Gasteiger partial charge in [-0.1, -0.05) is 32.4 Å². The summed E-state index contributed by atoms with van der Waals surface area (Å²) in [5.41, 5.74) is 2.21. The molecule has 2 N–H and O–H groups in total. The molecule has 4 fully saturated rings. The second-order valence-corrected chi connectivity index (χ2v) is 13.6. The topological polar surface area (TPSA) is 90.3 Å². The van der Waals surface area contributed by atoms with E-state index in [1.54, 1.807) is 10.5 Å².